The standard InChI is InChI=1S/C15H22N2O2/c1-10-7-11(2)14(12(3)8-10)13(18)9-17-6-5-16(4)15(17)19/h7-8,13,18H,5-6,9H2,1-4H3. The van der Waals surface area contributed by atoms with Gasteiger partial charge in [0.05, 0.1) is 12.6 Å². The molecule has 1 fully saturated rings. The monoisotopic (exact) mass is 262 g/mol. The van der Waals surface area contributed by atoms with E-state index in [4.69, 9.17) is 0 Å². The molecule has 1 atom stereocenters. The maximum Gasteiger partial charge on any atom is 0.319 e. The highest BCUT2D eigenvalue weighted by Crippen LogP contribution is 2.25. The highest BCUT2D eigenvalue weighted by Gasteiger charge is 2.28. The number of aliphatic hydroxyl groups excluding tert-OH is 1. The molecule has 104 valence electrons. The minimum Gasteiger partial charge on any atom is -0.387 e. The third-order valence-corrected chi connectivity index (χ3v) is 3.77. The van der Waals surface area contributed by atoms with Gasteiger partial charge in [-0.05, 0) is 37.5 Å². The summed E-state index contributed by atoms with van der Waals surface area (Å²) < 4.78 is 0. The molecule has 1 aliphatic heterocycles. The number of hydrogen-bond acceptors (Lipinski definition) is 2. The average Bonchev–Trinajstić information content (AvgIpc) is 2.59. The Morgan fingerprint density at radius 1 is 1.21 bits per heavy atom. The van der Waals surface area contributed by atoms with Gasteiger partial charge < -0.3 is 14.9 Å². The second-order valence-corrected chi connectivity index (χ2v) is 5.48. The normalized spacial score (nSPS) is 17.2. The molecule has 1 unspecified atom stereocenters. The van der Waals surface area contributed by atoms with E-state index in [-0.39, 0.29) is 6.03 Å². The number of carbonyl (C=O) groups is 1. The molecule has 0 aromatic heterocycles. The summed E-state index contributed by atoms with van der Waals surface area (Å²) in [7, 11) is 1.79. The second-order valence-electron chi connectivity index (χ2n) is 5.48. The molecule has 1 aromatic rings. The molecule has 1 heterocycles. The summed E-state index contributed by atoms with van der Waals surface area (Å²) >= 11 is 0. The maximum absolute atomic E-state index is 11.8. The molecule has 1 saturated heterocycles. The molecule has 0 saturated carbocycles. The number of benzene rings is 1. The molecule has 0 spiro atoms. The molecule has 0 bridgehead atoms. The zero-order chi connectivity index (χ0) is 14.2. The number of β-amino-alcohol motifs (C(OH)–C–C–N with tert-alkyl or cyclic N) is 1. The van der Waals surface area contributed by atoms with E-state index in [1.165, 1.54) is 5.56 Å². The lowest BCUT2D eigenvalue weighted by atomic mass is 9.95. The smallest absolute Gasteiger partial charge is 0.319 e. The Kier molecular flexibility index (Phi) is 3.80. The Bertz CT molecular complexity index is 476. The molecule has 4 nitrogen and oxygen atoms in total. The van der Waals surface area contributed by atoms with Crippen LogP contribution in [0.4, 0.5) is 4.79 Å². The minimum atomic E-state index is -0.615. The van der Waals surface area contributed by atoms with Crippen molar-refractivity contribution >= 4 is 6.03 Å². The molecule has 0 radical (unpaired) electrons. The first-order valence-corrected chi connectivity index (χ1v) is 6.66. The van der Waals surface area contributed by atoms with Gasteiger partial charge in [-0.3, -0.25) is 0 Å². The largest absolute Gasteiger partial charge is 0.387 e. The first-order valence-electron chi connectivity index (χ1n) is 6.66. The fraction of sp³-hybridized carbons (Fsp3) is 0.533. The Balaban J connectivity index is 2.17. The van der Waals surface area contributed by atoms with Crippen LogP contribution >= 0.6 is 0 Å². The number of amides is 2. The van der Waals surface area contributed by atoms with Crippen molar-refractivity contribution in [2.75, 3.05) is 26.7 Å². The van der Waals surface area contributed by atoms with Crippen LogP contribution in [-0.2, 0) is 0 Å². The van der Waals surface area contributed by atoms with Crippen LogP contribution in [0, 0.1) is 20.8 Å². The van der Waals surface area contributed by atoms with Gasteiger partial charge in [0.1, 0.15) is 0 Å². The van der Waals surface area contributed by atoms with Gasteiger partial charge in [0.15, 0.2) is 0 Å². The predicted molar refractivity (Wildman–Crippen MR) is 75.2 cm³/mol. The topological polar surface area (TPSA) is 43.8 Å². The van der Waals surface area contributed by atoms with Crippen molar-refractivity contribution in [1.29, 1.82) is 0 Å². The molecule has 1 aromatic carbocycles. The van der Waals surface area contributed by atoms with Crippen LogP contribution in [0.1, 0.15) is 28.4 Å². The van der Waals surface area contributed by atoms with Crippen molar-refractivity contribution in [3.63, 3.8) is 0 Å². The van der Waals surface area contributed by atoms with Gasteiger partial charge in [0.25, 0.3) is 0 Å². The van der Waals surface area contributed by atoms with E-state index in [1.54, 1.807) is 16.8 Å². The SMILES string of the molecule is Cc1cc(C)c(C(O)CN2CCN(C)C2=O)c(C)c1. The Morgan fingerprint density at radius 3 is 2.26 bits per heavy atom. The fourth-order valence-electron chi connectivity index (χ4n) is 2.89. The molecule has 0 aliphatic carbocycles. The summed E-state index contributed by atoms with van der Waals surface area (Å²) in [6, 6.07) is 4.15. The predicted octanol–water partition coefficient (Wildman–Crippen LogP) is 2.01. The van der Waals surface area contributed by atoms with Crippen molar-refractivity contribution in [2.45, 2.75) is 26.9 Å². The highest BCUT2D eigenvalue weighted by molar-refractivity contribution is 5.76. The van der Waals surface area contributed by atoms with E-state index in [0.29, 0.717) is 13.1 Å². The molecule has 1 aliphatic rings. The maximum atomic E-state index is 11.8. The van der Waals surface area contributed by atoms with E-state index < -0.39 is 6.10 Å². The van der Waals surface area contributed by atoms with E-state index in [0.717, 1.165) is 23.2 Å². The summed E-state index contributed by atoms with van der Waals surface area (Å²) in [4.78, 5) is 15.2. The zero-order valence-electron chi connectivity index (χ0n) is 12.1. The Morgan fingerprint density at radius 2 is 1.79 bits per heavy atom. The summed E-state index contributed by atoms with van der Waals surface area (Å²) in [5.74, 6) is 0. The Labute approximate surface area is 114 Å². The van der Waals surface area contributed by atoms with E-state index in [2.05, 4.69) is 19.1 Å². The average molecular weight is 262 g/mol. The van der Waals surface area contributed by atoms with Crippen LogP contribution in [0.25, 0.3) is 0 Å². The quantitative estimate of drug-likeness (QED) is 0.905. The van der Waals surface area contributed by atoms with Gasteiger partial charge in [-0.2, -0.15) is 0 Å². The number of likely N-dealkylation sites (N-methyl/N-ethyl adjacent to an activating group) is 1. The summed E-state index contributed by atoms with van der Waals surface area (Å²) in [6.07, 6.45) is -0.615. The first-order chi connectivity index (χ1) is 8.90. The van der Waals surface area contributed by atoms with Gasteiger partial charge in [0.2, 0.25) is 0 Å². The number of hydrogen-bond donors (Lipinski definition) is 1. The van der Waals surface area contributed by atoms with Crippen LogP contribution in [-0.4, -0.2) is 47.6 Å². The number of urea groups is 1. The zero-order valence-corrected chi connectivity index (χ0v) is 12.1. The fourth-order valence-corrected chi connectivity index (χ4v) is 2.89. The molecular formula is C15H22N2O2. The van der Waals surface area contributed by atoms with Gasteiger partial charge >= 0.3 is 6.03 Å². The van der Waals surface area contributed by atoms with Crippen LogP contribution in [0.3, 0.4) is 0 Å². The van der Waals surface area contributed by atoms with E-state index in [1.807, 2.05) is 13.8 Å². The molecule has 19 heavy (non-hydrogen) atoms. The first kappa shape index (κ1) is 13.9. The third-order valence-electron chi connectivity index (χ3n) is 3.77. The van der Waals surface area contributed by atoms with Crippen molar-refractivity contribution in [2.24, 2.45) is 0 Å². The lowest BCUT2D eigenvalue weighted by Crippen LogP contribution is -2.33. The Hall–Kier alpha value is -1.55. The second kappa shape index (κ2) is 5.21. The van der Waals surface area contributed by atoms with Crippen molar-refractivity contribution in [1.82, 2.24) is 9.80 Å². The number of carbonyl (C=O) groups excluding carboxylic acids is 1. The number of aryl methyl sites for hydroxylation is 3. The summed E-state index contributed by atoms with van der Waals surface area (Å²) in [5.41, 5.74) is 4.32. The number of aliphatic hydroxyl groups is 1. The van der Waals surface area contributed by atoms with Crippen LogP contribution in [0.15, 0.2) is 12.1 Å². The van der Waals surface area contributed by atoms with E-state index >= 15 is 0 Å². The van der Waals surface area contributed by atoms with Gasteiger partial charge in [-0.15, -0.1) is 0 Å². The lowest BCUT2D eigenvalue weighted by Gasteiger charge is -2.23. The van der Waals surface area contributed by atoms with Gasteiger partial charge in [-0.25, -0.2) is 4.79 Å². The number of rotatable bonds is 3. The molecule has 4 heteroatoms. The minimum absolute atomic E-state index is 0.00136. The van der Waals surface area contributed by atoms with Crippen molar-refractivity contribution < 1.29 is 9.90 Å². The molecular weight excluding hydrogens is 240 g/mol. The van der Waals surface area contributed by atoms with Crippen LogP contribution in [0.5, 0.6) is 0 Å². The van der Waals surface area contributed by atoms with Crippen LogP contribution in [0.2, 0.25) is 0 Å². The molecule has 2 rings (SSSR count). The van der Waals surface area contributed by atoms with Crippen molar-refractivity contribution in [3.8, 4) is 0 Å². The molecule has 2 amide bonds. The molecule has 1 N–H and O–H groups in total. The highest BCUT2D eigenvalue weighted by atomic mass is 16.3. The number of nitrogens with zero attached hydrogens (tertiary/aromatic N) is 2. The summed E-state index contributed by atoms with van der Waals surface area (Å²) in [6.45, 7) is 7.86. The summed E-state index contributed by atoms with van der Waals surface area (Å²) in [5, 5.41) is 10.4. The van der Waals surface area contributed by atoms with Crippen molar-refractivity contribution in [3.05, 3.63) is 34.4 Å². The third kappa shape index (κ3) is 2.73. The van der Waals surface area contributed by atoms with Crippen LogP contribution < -0.4 is 0 Å². The van der Waals surface area contributed by atoms with Gasteiger partial charge in [-0.1, -0.05) is 17.7 Å². The van der Waals surface area contributed by atoms with E-state index in [9.17, 15) is 9.90 Å². The lowest BCUT2D eigenvalue weighted by molar-refractivity contribution is 0.128. The van der Waals surface area contributed by atoms with Gasteiger partial charge in [0, 0.05) is 20.1 Å².